The number of benzene rings is 6. The molecule has 0 aliphatic rings. The second kappa shape index (κ2) is 7.99. The fraction of sp³-hybridized carbons (Fsp3) is 0. The number of hydrogen-bond donors (Lipinski definition) is 0. The zero-order valence-corrected chi connectivity index (χ0v) is 19.3. The number of hydrogen-bond acceptors (Lipinski definition) is 1. The maximum atomic E-state index is 12.2. The van der Waals surface area contributed by atoms with Gasteiger partial charge >= 0.3 is 0 Å². The predicted molar refractivity (Wildman–Crippen MR) is 143 cm³/mol. The molecule has 0 aliphatic heterocycles. The lowest BCUT2D eigenvalue weighted by atomic mass is 9.87. The minimum atomic E-state index is 0.696. The summed E-state index contributed by atoms with van der Waals surface area (Å²) < 4.78 is 1.06. The smallest absolute Gasteiger partial charge is 0.150 e. The van der Waals surface area contributed by atoms with Crippen LogP contribution in [0.3, 0.4) is 0 Å². The van der Waals surface area contributed by atoms with Gasteiger partial charge in [0.2, 0.25) is 0 Å². The third kappa shape index (κ3) is 3.35. The third-order valence-electron chi connectivity index (χ3n) is 6.37. The van der Waals surface area contributed by atoms with Gasteiger partial charge in [-0.1, -0.05) is 84.9 Å². The molecule has 0 saturated heterocycles. The van der Waals surface area contributed by atoms with Crippen LogP contribution in [0.2, 0.25) is 0 Å². The van der Waals surface area contributed by atoms with E-state index in [0.717, 1.165) is 49.2 Å². The van der Waals surface area contributed by atoms with Crippen molar-refractivity contribution in [3.63, 3.8) is 0 Å². The number of fused-ring (bicyclic) bond motifs is 3. The van der Waals surface area contributed by atoms with E-state index in [1.807, 2.05) is 24.3 Å². The molecule has 0 fully saturated rings. The largest absolute Gasteiger partial charge is 0.298 e. The van der Waals surface area contributed by atoms with Crippen molar-refractivity contribution in [1.82, 2.24) is 0 Å². The van der Waals surface area contributed by atoms with Gasteiger partial charge in [-0.05, 0) is 94.8 Å². The lowest BCUT2D eigenvalue weighted by molar-refractivity contribution is 0.112. The molecule has 0 N–H and O–H groups in total. The van der Waals surface area contributed by atoms with Gasteiger partial charge in [-0.3, -0.25) is 4.79 Å². The van der Waals surface area contributed by atoms with Crippen LogP contribution in [0, 0.1) is 0 Å². The van der Waals surface area contributed by atoms with Crippen molar-refractivity contribution >= 4 is 54.5 Å². The SMILES string of the molecule is O=Cc1cc2ccccc2cc1-c1cc2ccccc2cc1-c1ccc2ccccc2c1Br. The van der Waals surface area contributed by atoms with Crippen LogP contribution in [0.5, 0.6) is 0 Å². The molecule has 0 unspecified atom stereocenters. The Labute approximate surface area is 200 Å². The monoisotopic (exact) mass is 486 g/mol. The molecule has 2 heteroatoms. The first-order valence-corrected chi connectivity index (χ1v) is 11.7. The van der Waals surface area contributed by atoms with E-state index in [2.05, 4.69) is 101 Å². The van der Waals surface area contributed by atoms with E-state index in [4.69, 9.17) is 0 Å². The highest BCUT2D eigenvalue weighted by atomic mass is 79.9. The van der Waals surface area contributed by atoms with Gasteiger partial charge in [-0.2, -0.15) is 0 Å². The molecule has 0 aromatic heterocycles. The molecule has 1 nitrogen and oxygen atoms in total. The van der Waals surface area contributed by atoms with Crippen LogP contribution >= 0.6 is 15.9 Å². The highest BCUT2D eigenvalue weighted by Gasteiger charge is 2.17. The molecule has 0 aliphatic carbocycles. The van der Waals surface area contributed by atoms with Crippen LogP contribution in [0.1, 0.15) is 10.4 Å². The third-order valence-corrected chi connectivity index (χ3v) is 7.23. The van der Waals surface area contributed by atoms with E-state index in [-0.39, 0.29) is 0 Å². The van der Waals surface area contributed by atoms with E-state index in [1.54, 1.807) is 0 Å². The van der Waals surface area contributed by atoms with Gasteiger partial charge in [-0.15, -0.1) is 0 Å². The molecule has 0 atom stereocenters. The second-order valence-corrected chi connectivity index (χ2v) is 9.09. The molecule has 33 heavy (non-hydrogen) atoms. The molecule has 0 spiro atoms. The van der Waals surface area contributed by atoms with Crippen LogP contribution in [0.4, 0.5) is 0 Å². The second-order valence-electron chi connectivity index (χ2n) is 8.30. The van der Waals surface area contributed by atoms with Crippen molar-refractivity contribution in [3.8, 4) is 22.3 Å². The highest BCUT2D eigenvalue weighted by molar-refractivity contribution is 9.10. The first-order valence-electron chi connectivity index (χ1n) is 10.9. The molecule has 6 aromatic carbocycles. The number of carbonyl (C=O) groups excluding carboxylic acids is 1. The summed E-state index contributed by atoms with van der Waals surface area (Å²) in [6.45, 7) is 0. The van der Waals surface area contributed by atoms with Crippen molar-refractivity contribution in [2.45, 2.75) is 0 Å². The molecule has 0 heterocycles. The minimum absolute atomic E-state index is 0.696. The maximum Gasteiger partial charge on any atom is 0.150 e. The summed E-state index contributed by atoms with van der Waals surface area (Å²) in [5.74, 6) is 0. The molecule has 0 saturated carbocycles. The molecule has 0 bridgehead atoms. The Hall–Kier alpha value is -3.75. The minimum Gasteiger partial charge on any atom is -0.298 e. The Morgan fingerprint density at radius 1 is 0.485 bits per heavy atom. The molecule has 6 aromatic rings. The lowest BCUT2D eigenvalue weighted by Crippen LogP contribution is -1.93. The molecular formula is C31H19BrO. The van der Waals surface area contributed by atoms with Gasteiger partial charge in [0, 0.05) is 10.0 Å². The van der Waals surface area contributed by atoms with Gasteiger partial charge in [0.1, 0.15) is 0 Å². The Balaban J connectivity index is 1.72. The lowest BCUT2D eigenvalue weighted by Gasteiger charge is -2.17. The maximum absolute atomic E-state index is 12.2. The van der Waals surface area contributed by atoms with Crippen molar-refractivity contribution < 1.29 is 4.79 Å². The quantitative estimate of drug-likeness (QED) is 0.228. The standard InChI is InChI=1S/C31H19BrO/c32-31-26-12-6-5-7-20(26)13-14-27(31)29-17-23-10-3-4-11-24(23)18-30(29)28-16-22-9-2-1-8-21(22)15-25(28)19-33/h1-19H. The summed E-state index contributed by atoms with van der Waals surface area (Å²) in [5, 5.41) is 6.87. The van der Waals surface area contributed by atoms with Crippen LogP contribution in [0.25, 0.3) is 54.6 Å². The molecule has 6 rings (SSSR count). The molecular weight excluding hydrogens is 468 g/mol. The summed E-state index contributed by atoms with van der Waals surface area (Å²) in [6.07, 6.45) is 0.968. The zero-order chi connectivity index (χ0) is 22.4. The van der Waals surface area contributed by atoms with Crippen molar-refractivity contribution in [2.75, 3.05) is 0 Å². The van der Waals surface area contributed by atoms with Gasteiger partial charge in [0.25, 0.3) is 0 Å². The predicted octanol–water partition coefficient (Wildman–Crippen LogP) is 9.06. The van der Waals surface area contributed by atoms with Crippen LogP contribution in [-0.4, -0.2) is 6.29 Å². The average molecular weight is 487 g/mol. The van der Waals surface area contributed by atoms with Crippen molar-refractivity contribution in [2.24, 2.45) is 0 Å². The highest BCUT2D eigenvalue weighted by Crippen LogP contribution is 2.42. The van der Waals surface area contributed by atoms with Gasteiger partial charge in [0.15, 0.2) is 6.29 Å². The van der Waals surface area contributed by atoms with E-state index in [0.29, 0.717) is 5.56 Å². The van der Waals surface area contributed by atoms with E-state index < -0.39 is 0 Å². The zero-order valence-electron chi connectivity index (χ0n) is 17.8. The van der Waals surface area contributed by atoms with Crippen LogP contribution in [0.15, 0.2) is 114 Å². The summed E-state index contributed by atoms with van der Waals surface area (Å²) >= 11 is 3.90. The summed E-state index contributed by atoms with van der Waals surface area (Å²) in [4.78, 5) is 12.2. The summed E-state index contributed by atoms with van der Waals surface area (Å²) in [7, 11) is 0. The Morgan fingerprint density at radius 3 is 1.58 bits per heavy atom. The molecule has 0 radical (unpaired) electrons. The van der Waals surface area contributed by atoms with E-state index >= 15 is 0 Å². The van der Waals surface area contributed by atoms with Crippen LogP contribution < -0.4 is 0 Å². The number of rotatable bonds is 3. The van der Waals surface area contributed by atoms with Crippen molar-refractivity contribution in [3.05, 3.63) is 119 Å². The Kier molecular flexibility index (Phi) is 4.82. The first-order chi connectivity index (χ1) is 16.2. The van der Waals surface area contributed by atoms with Gasteiger partial charge in [-0.25, -0.2) is 0 Å². The molecule has 0 amide bonds. The van der Waals surface area contributed by atoms with Crippen molar-refractivity contribution in [1.29, 1.82) is 0 Å². The number of aldehydes is 1. The fourth-order valence-corrected chi connectivity index (χ4v) is 5.42. The van der Waals surface area contributed by atoms with E-state index in [1.165, 1.54) is 16.2 Å². The fourth-order valence-electron chi connectivity index (χ4n) is 4.72. The van der Waals surface area contributed by atoms with E-state index in [9.17, 15) is 4.79 Å². The first kappa shape index (κ1) is 19.9. The number of halogens is 1. The summed E-state index contributed by atoms with van der Waals surface area (Å²) in [6, 6.07) is 37.9. The van der Waals surface area contributed by atoms with Gasteiger partial charge in [0.05, 0.1) is 0 Å². The van der Waals surface area contributed by atoms with Gasteiger partial charge < -0.3 is 0 Å². The average Bonchev–Trinajstić information content (AvgIpc) is 2.87. The summed E-state index contributed by atoms with van der Waals surface area (Å²) in [5.41, 5.74) is 4.91. The Bertz CT molecular complexity index is 1700. The topological polar surface area (TPSA) is 17.1 Å². The Morgan fingerprint density at radius 2 is 0.970 bits per heavy atom. The van der Waals surface area contributed by atoms with Crippen LogP contribution in [-0.2, 0) is 0 Å². The number of carbonyl (C=O) groups is 1. The normalized spacial score (nSPS) is 11.3. The molecule has 156 valence electrons.